The first-order valence-electron chi connectivity index (χ1n) is 7.46. The van der Waals surface area contributed by atoms with Crippen molar-refractivity contribution in [2.24, 2.45) is 0 Å². The minimum atomic E-state index is -1.000. The molecule has 0 atom stereocenters. The SMILES string of the molecule is O=C(O)/C(=C\c1cccc(F)c1)c1ccc2c(c1)CCCC2. The molecule has 0 bridgehead atoms. The van der Waals surface area contributed by atoms with Crippen LogP contribution in [-0.2, 0) is 17.6 Å². The number of fused-ring (bicyclic) bond motifs is 1. The lowest BCUT2D eigenvalue weighted by atomic mass is 9.89. The van der Waals surface area contributed by atoms with Gasteiger partial charge in [-0.3, -0.25) is 0 Å². The Balaban J connectivity index is 2.03. The van der Waals surface area contributed by atoms with Crippen LogP contribution in [0.25, 0.3) is 11.6 Å². The molecule has 2 nitrogen and oxygen atoms in total. The predicted molar refractivity (Wildman–Crippen MR) is 85.0 cm³/mol. The van der Waals surface area contributed by atoms with E-state index in [1.807, 2.05) is 18.2 Å². The highest BCUT2D eigenvalue weighted by Crippen LogP contribution is 2.26. The van der Waals surface area contributed by atoms with E-state index in [-0.39, 0.29) is 11.4 Å². The van der Waals surface area contributed by atoms with Crippen molar-refractivity contribution in [1.82, 2.24) is 0 Å². The summed E-state index contributed by atoms with van der Waals surface area (Å²) in [5.41, 5.74) is 3.96. The molecule has 0 amide bonds. The van der Waals surface area contributed by atoms with Crippen molar-refractivity contribution in [3.05, 3.63) is 70.5 Å². The molecule has 0 aromatic heterocycles. The summed E-state index contributed by atoms with van der Waals surface area (Å²) in [7, 11) is 0. The summed E-state index contributed by atoms with van der Waals surface area (Å²) in [6.07, 6.45) is 5.92. The van der Waals surface area contributed by atoms with Crippen LogP contribution in [0.5, 0.6) is 0 Å². The number of aliphatic carboxylic acids is 1. The number of carboxylic acid groups (broad SMARTS) is 1. The van der Waals surface area contributed by atoms with Crippen LogP contribution in [0.1, 0.15) is 35.1 Å². The topological polar surface area (TPSA) is 37.3 Å². The number of hydrogen-bond acceptors (Lipinski definition) is 1. The molecule has 3 rings (SSSR count). The van der Waals surface area contributed by atoms with Crippen molar-refractivity contribution in [2.75, 3.05) is 0 Å². The minimum Gasteiger partial charge on any atom is -0.478 e. The third-order valence-corrected chi connectivity index (χ3v) is 4.05. The monoisotopic (exact) mass is 296 g/mol. The highest BCUT2D eigenvalue weighted by molar-refractivity contribution is 6.20. The van der Waals surface area contributed by atoms with Gasteiger partial charge in [-0.1, -0.05) is 30.3 Å². The van der Waals surface area contributed by atoms with Gasteiger partial charge in [0.05, 0.1) is 5.57 Å². The summed E-state index contributed by atoms with van der Waals surface area (Å²) in [4.78, 5) is 11.6. The van der Waals surface area contributed by atoms with Crippen LogP contribution in [0.4, 0.5) is 4.39 Å². The molecule has 1 aliphatic carbocycles. The van der Waals surface area contributed by atoms with Gasteiger partial charge in [-0.05, 0) is 66.1 Å². The van der Waals surface area contributed by atoms with Crippen molar-refractivity contribution < 1.29 is 14.3 Å². The van der Waals surface area contributed by atoms with E-state index in [4.69, 9.17) is 0 Å². The second-order valence-corrected chi connectivity index (χ2v) is 5.61. The first-order chi connectivity index (χ1) is 10.6. The maximum absolute atomic E-state index is 13.3. The maximum Gasteiger partial charge on any atom is 0.336 e. The number of aryl methyl sites for hydroxylation is 2. The molecule has 1 N–H and O–H groups in total. The molecule has 0 saturated heterocycles. The number of hydrogen-bond donors (Lipinski definition) is 1. The van der Waals surface area contributed by atoms with Gasteiger partial charge in [0.2, 0.25) is 0 Å². The van der Waals surface area contributed by atoms with Gasteiger partial charge in [-0.2, -0.15) is 0 Å². The second-order valence-electron chi connectivity index (χ2n) is 5.61. The van der Waals surface area contributed by atoms with Crippen molar-refractivity contribution >= 4 is 17.6 Å². The summed E-state index contributed by atoms with van der Waals surface area (Å²) in [6.45, 7) is 0. The van der Waals surface area contributed by atoms with Gasteiger partial charge in [-0.15, -0.1) is 0 Å². The summed E-state index contributed by atoms with van der Waals surface area (Å²) in [5, 5.41) is 9.50. The molecular weight excluding hydrogens is 279 g/mol. The molecule has 112 valence electrons. The minimum absolute atomic E-state index is 0.193. The Labute approximate surface area is 128 Å². The van der Waals surface area contributed by atoms with Crippen molar-refractivity contribution in [1.29, 1.82) is 0 Å². The fraction of sp³-hybridized carbons (Fsp3) is 0.211. The molecule has 0 radical (unpaired) electrons. The van der Waals surface area contributed by atoms with Gasteiger partial charge in [-0.25, -0.2) is 9.18 Å². The number of benzene rings is 2. The highest BCUT2D eigenvalue weighted by Gasteiger charge is 2.15. The largest absolute Gasteiger partial charge is 0.478 e. The molecule has 3 heteroatoms. The zero-order valence-corrected chi connectivity index (χ0v) is 12.2. The van der Waals surface area contributed by atoms with E-state index < -0.39 is 5.97 Å². The molecule has 2 aromatic carbocycles. The van der Waals surface area contributed by atoms with Crippen LogP contribution in [0.3, 0.4) is 0 Å². The van der Waals surface area contributed by atoms with E-state index in [0.29, 0.717) is 11.1 Å². The van der Waals surface area contributed by atoms with E-state index in [1.165, 1.54) is 35.8 Å². The molecule has 0 heterocycles. The van der Waals surface area contributed by atoms with Crippen molar-refractivity contribution in [3.63, 3.8) is 0 Å². The summed E-state index contributed by atoms with van der Waals surface area (Å²) in [5.74, 6) is -1.37. The molecule has 0 saturated carbocycles. The summed E-state index contributed by atoms with van der Waals surface area (Å²) < 4.78 is 13.3. The van der Waals surface area contributed by atoms with Gasteiger partial charge < -0.3 is 5.11 Å². The Bertz CT molecular complexity index is 747. The van der Waals surface area contributed by atoms with Crippen LogP contribution in [-0.4, -0.2) is 11.1 Å². The standard InChI is InChI=1S/C19H17FO2/c20-17-7-3-4-13(10-17)11-18(19(21)22)16-9-8-14-5-1-2-6-15(14)12-16/h3-4,7-12H,1-2,5-6H2,(H,21,22)/b18-11-. The molecule has 2 aromatic rings. The number of carbonyl (C=O) groups is 1. The van der Waals surface area contributed by atoms with E-state index >= 15 is 0 Å². The molecule has 1 aliphatic rings. The van der Waals surface area contributed by atoms with Crippen LogP contribution in [0, 0.1) is 5.82 Å². The van der Waals surface area contributed by atoms with Gasteiger partial charge in [0, 0.05) is 0 Å². The number of halogens is 1. The van der Waals surface area contributed by atoms with Crippen LogP contribution in [0.2, 0.25) is 0 Å². The second kappa shape index (κ2) is 6.14. The van der Waals surface area contributed by atoms with Crippen molar-refractivity contribution in [2.45, 2.75) is 25.7 Å². The molecule has 22 heavy (non-hydrogen) atoms. The van der Waals surface area contributed by atoms with Crippen LogP contribution < -0.4 is 0 Å². The Morgan fingerprint density at radius 2 is 1.82 bits per heavy atom. The van der Waals surface area contributed by atoms with Gasteiger partial charge in [0.15, 0.2) is 0 Å². The molecule has 0 spiro atoms. The lowest BCUT2D eigenvalue weighted by Crippen LogP contribution is -2.05. The van der Waals surface area contributed by atoms with E-state index in [9.17, 15) is 14.3 Å². The Morgan fingerprint density at radius 1 is 1.05 bits per heavy atom. The van der Waals surface area contributed by atoms with E-state index in [0.717, 1.165) is 19.3 Å². The molecule has 0 aliphatic heterocycles. The Kier molecular flexibility index (Phi) is 4.05. The first-order valence-corrected chi connectivity index (χ1v) is 7.46. The Hall–Kier alpha value is -2.42. The third-order valence-electron chi connectivity index (χ3n) is 4.05. The zero-order valence-electron chi connectivity index (χ0n) is 12.2. The molecule has 0 fully saturated rings. The molecule has 0 unspecified atom stereocenters. The number of carboxylic acids is 1. The van der Waals surface area contributed by atoms with E-state index in [1.54, 1.807) is 12.1 Å². The zero-order chi connectivity index (χ0) is 15.5. The quantitative estimate of drug-likeness (QED) is 0.676. The summed E-state index contributed by atoms with van der Waals surface area (Å²) >= 11 is 0. The average molecular weight is 296 g/mol. The van der Waals surface area contributed by atoms with Crippen LogP contribution >= 0.6 is 0 Å². The Morgan fingerprint density at radius 3 is 2.55 bits per heavy atom. The van der Waals surface area contributed by atoms with Crippen molar-refractivity contribution in [3.8, 4) is 0 Å². The normalized spacial score (nSPS) is 14.5. The van der Waals surface area contributed by atoms with Gasteiger partial charge >= 0.3 is 5.97 Å². The van der Waals surface area contributed by atoms with Gasteiger partial charge in [0.25, 0.3) is 0 Å². The number of rotatable bonds is 3. The smallest absolute Gasteiger partial charge is 0.336 e. The molecular formula is C19H17FO2. The predicted octanol–water partition coefficient (Wildman–Crippen LogP) is 4.33. The average Bonchev–Trinajstić information content (AvgIpc) is 2.52. The maximum atomic E-state index is 13.3. The lowest BCUT2D eigenvalue weighted by Gasteiger charge is -2.16. The van der Waals surface area contributed by atoms with Gasteiger partial charge in [0.1, 0.15) is 5.82 Å². The lowest BCUT2D eigenvalue weighted by molar-refractivity contribution is -0.130. The highest BCUT2D eigenvalue weighted by atomic mass is 19.1. The fourth-order valence-electron chi connectivity index (χ4n) is 2.93. The van der Waals surface area contributed by atoms with Crippen LogP contribution in [0.15, 0.2) is 42.5 Å². The third kappa shape index (κ3) is 3.08. The first kappa shape index (κ1) is 14.5. The summed E-state index contributed by atoms with van der Waals surface area (Å²) in [6, 6.07) is 11.8. The fourth-order valence-corrected chi connectivity index (χ4v) is 2.93. The van der Waals surface area contributed by atoms with E-state index in [2.05, 4.69) is 0 Å².